The number of carbonyl (C=O) groups excluding carboxylic acids is 1. The topological polar surface area (TPSA) is 38.3 Å². The van der Waals surface area contributed by atoms with Crippen LogP contribution in [0.25, 0.3) is 0 Å². The second-order valence-corrected chi connectivity index (χ2v) is 4.81. The number of rotatable bonds is 4. The van der Waals surface area contributed by atoms with Gasteiger partial charge in [-0.1, -0.05) is 36.4 Å². The van der Waals surface area contributed by atoms with Crippen LogP contribution in [0.15, 0.2) is 48.5 Å². The van der Waals surface area contributed by atoms with Crippen molar-refractivity contribution in [3.05, 3.63) is 65.2 Å². The van der Waals surface area contributed by atoms with Gasteiger partial charge in [-0.25, -0.2) is 0 Å². The van der Waals surface area contributed by atoms with Crippen LogP contribution in [0.2, 0.25) is 0 Å². The molecule has 3 nitrogen and oxygen atoms in total. The number of hydrogen-bond donors (Lipinski definition) is 1. The molecule has 0 aromatic heterocycles. The number of amides is 1. The quantitative estimate of drug-likeness (QED) is 0.920. The first kappa shape index (κ1) is 14.3. The zero-order valence-corrected chi connectivity index (χ0v) is 12.0. The predicted octanol–water partition coefficient (Wildman–Crippen LogP) is 3.63. The number of methoxy groups -OCH3 is 1. The fourth-order valence-electron chi connectivity index (χ4n) is 2.05. The van der Waals surface area contributed by atoms with Crippen LogP contribution in [-0.2, 0) is 9.53 Å². The molecule has 2 rings (SSSR count). The predicted molar refractivity (Wildman–Crippen MR) is 80.7 cm³/mol. The molecule has 3 heteroatoms. The Morgan fingerprint density at radius 2 is 1.75 bits per heavy atom. The van der Waals surface area contributed by atoms with Crippen molar-refractivity contribution in [1.82, 2.24) is 0 Å². The van der Waals surface area contributed by atoms with E-state index in [0.717, 1.165) is 16.8 Å². The van der Waals surface area contributed by atoms with E-state index >= 15 is 0 Å². The van der Waals surface area contributed by atoms with E-state index in [9.17, 15) is 4.79 Å². The third kappa shape index (κ3) is 3.25. The van der Waals surface area contributed by atoms with Crippen LogP contribution >= 0.6 is 0 Å². The first-order valence-electron chi connectivity index (χ1n) is 6.57. The lowest BCUT2D eigenvalue weighted by molar-refractivity contribution is -0.126. The molecule has 1 N–H and O–H groups in total. The number of hydrogen-bond acceptors (Lipinski definition) is 2. The number of benzene rings is 2. The zero-order chi connectivity index (χ0) is 14.5. The Morgan fingerprint density at radius 1 is 1.05 bits per heavy atom. The smallest absolute Gasteiger partial charge is 0.258 e. The molecule has 0 saturated carbocycles. The van der Waals surface area contributed by atoms with E-state index in [1.807, 2.05) is 62.4 Å². The lowest BCUT2D eigenvalue weighted by Gasteiger charge is -2.16. The highest BCUT2D eigenvalue weighted by atomic mass is 16.5. The Hall–Kier alpha value is -2.13. The van der Waals surface area contributed by atoms with E-state index in [1.54, 1.807) is 0 Å². The number of carbonyl (C=O) groups is 1. The third-order valence-electron chi connectivity index (χ3n) is 3.35. The molecule has 1 amide bonds. The van der Waals surface area contributed by atoms with E-state index in [4.69, 9.17) is 4.74 Å². The highest BCUT2D eigenvalue weighted by molar-refractivity contribution is 5.95. The normalized spacial score (nSPS) is 11.9. The summed E-state index contributed by atoms with van der Waals surface area (Å²) in [6.45, 7) is 4.07. The fourth-order valence-corrected chi connectivity index (χ4v) is 2.05. The second-order valence-electron chi connectivity index (χ2n) is 4.81. The number of nitrogens with one attached hydrogen (secondary N) is 1. The van der Waals surface area contributed by atoms with Gasteiger partial charge in [0.25, 0.3) is 5.91 Å². The SMILES string of the molecule is CO[C@@H](C(=O)Nc1ccc(C)c(C)c1)c1ccccc1. The van der Waals surface area contributed by atoms with Crippen molar-refractivity contribution in [3.8, 4) is 0 Å². The standard InChI is InChI=1S/C17H19NO2/c1-12-9-10-15(11-13(12)2)18-17(19)16(20-3)14-7-5-4-6-8-14/h4-11,16H,1-3H3,(H,18,19)/t16-/m1/s1. The summed E-state index contributed by atoms with van der Waals surface area (Å²) in [7, 11) is 1.54. The first-order valence-corrected chi connectivity index (χ1v) is 6.57. The third-order valence-corrected chi connectivity index (χ3v) is 3.35. The molecular weight excluding hydrogens is 250 g/mol. The molecule has 0 aliphatic rings. The Bertz CT molecular complexity index is 593. The Labute approximate surface area is 119 Å². The molecule has 20 heavy (non-hydrogen) atoms. The van der Waals surface area contributed by atoms with Gasteiger partial charge >= 0.3 is 0 Å². The summed E-state index contributed by atoms with van der Waals surface area (Å²) in [6, 6.07) is 15.3. The van der Waals surface area contributed by atoms with Crippen LogP contribution in [0, 0.1) is 13.8 Å². The summed E-state index contributed by atoms with van der Waals surface area (Å²) in [5.74, 6) is -0.165. The van der Waals surface area contributed by atoms with Crippen LogP contribution in [-0.4, -0.2) is 13.0 Å². The Kier molecular flexibility index (Phi) is 4.53. The lowest BCUT2D eigenvalue weighted by Crippen LogP contribution is -2.22. The maximum Gasteiger partial charge on any atom is 0.258 e. The molecule has 0 fully saturated rings. The van der Waals surface area contributed by atoms with Crippen molar-refractivity contribution in [2.75, 3.05) is 12.4 Å². The van der Waals surface area contributed by atoms with Gasteiger partial charge in [-0.15, -0.1) is 0 Å². The molecule has 0 bridgehead atoms. The molecule has 0 saturated heterocycles. The summed E-state index contributed by atoms with van der Waals surface area (Å²) in [4.78, 5) is 12.3. The molecule has 0 aliphatic heterocycles. The van der Waals surface area contributed by atoms with Gasteiger partial charge < -0.3 is 10.1 Å². The minimum atomic E-state index is -0.599. The Balaban J connectivity index is 2.15. The summed E-state index contributed by atoms with van der Waals surface area (Å²) in [5.41, 5.74) is 3.98. The summed E-state index contributed by atoms with van der Waals surface area (Å²) < 4.78 is 5.31. The van der Waals surface area contributed by atoms with Crippen LogP contribution in [0.1, 0.15) is 22.8 Å². The van der Waals surface area contributed by atoms with Gasteiger partial charge in [0.15, 0.2) is 6.10 Å². The van der Waals surface area contributed by atoms with Crippen LogP contribution < -0.4 is 5.32 Å². The van der Waals surface area contributed by atoms with Gasteiger partial charge in [0.2, 0.25) is 0 Å². The number of aryl methyl sites for hydroxylation is 2. The molecule has 2 aromatic rings. The average molecular weight is 269 g/mol. The molecule has 0 radical (unpaired) electrons. The molecule has 1 atom stereocenters. The van der Waals surface area contributed by atoms with E-state index in [-0.39, 0.29) is 5.91 Å². The monoisotopic (exact) mass is 269 g/mol. The van der Waals surface area contributed by atoms with Crippen LogP contribution in [0.5, 0.6) is 0 Å². The minimum absolute atomic E-state index is 0.165. The first-order chi connectivity index (χ1) is 9.61. The summed E-state index contributed by atoms with van der Waals surface area (Å²) >= 11 is 0. The van der Waals surface area contributed by atoms with Crippen molar-refractivity contribution >= 4 is 11.6 Å². The molecule has 0 spiro atoms. The maximum absolute atomic E-state index is 12.3. The van der Waals surface area contributed by atoms with Crippen molar-refractivity contribution in [2.24, 2.45) is 0 Å². The summed E-state index contributed by atoms with van der Waals surface area (Å²) in [5, 5.41) is 2.90. The fraction of sp³-hybridized carbons (Fsp3) is 0.235. The highest BCUT2D eigenvalue weighted by Gasteiger charge is 2.19. The van der Waals surface area contributed by atoms with Crippen LogP contribution in [0.3, 0.4) is 0 Å². The molecule has 104 valence electrons. The largest absolute Gasteiger partial charge is 0.367 e. The van der Waals surface area contributed by atoms with Crippen LogP contribution in [0.4, 0.5) is 5.69 Å². The van der Waals surface area contributed by atoms with E-state index in [0.29, 0.717) is 0 Å². The van der Waals surface area contributed by atoms with Crippen molar-refractivity contribution in [3.63, 3.8) is 0 Å². The molecule has 0 heterocycles. The number of ether oxygens (including phenoxy) is 1. The van der Waals surface area contributed by atoms with Crippen molar-refractivity contribution in [2.45, 2.75) is 20.0 Å². The summed E-state index contributed by atoms with van der Waals surface area (Å²) in [6.07, 6.45) is -0.599. The number of anilines is 1. The van der Waals surface area contributed by atoms with Gasteiger partial charge in [0, 0.05) is 12.8 Å². The van der Waals surface area contributed by atoms with E-state index in [2.05, 4.69) is 5.32 Å². The van der Waals surface area contributed by atoms with E-state index < -0.39 is 6.10 Å². The van der Waals surface area contributed by atoms with E-state index in [1.165, 1.54) is 12.7 Å². The lowest BCUT2D eigenvalue weighted by atomic mass is 10.1. The van der Waals surface area contributed by atoms with Crippen molar-refractivity contribution < 1.29 is 9.53 Å². The molecule has 0 aliphatic carbocycles. The maximum atomic E-state index is 12.3. The molecule has 2 aromatic carbocycles. The van der Waals surface area contributed by atoms with Gasteiger partial charge in [-0.2, -0.15) is 0 Å². The average Bonchev–Trinajstić information content (AvgIpc) is 2.45. The molecular formula is C17H19NO2. The van der Waals surface area contributed by atoms with Gasteiger partial charge in [0.1, 0.15) is 0 Å². The molecule has 0 unspecified atom stereocenters. The van der Waals surface area contributed by atoms with Gasteiger partial charge in [-0.3, -0.25) is 4.79 Å². The van der Waals surface area contributed by atoms with Crippen molar-refractivity contribution in [1.29, 1.82) is 0 Å². The second kappa shape index (κ2) is 6.35. The Morgan fingerprint density at radius 3 is 2.35 bits per heavy atom. The minimum Gasteiger partial charge on any atom is -0.367 e. The zero-order valence-electron chi connectivity index (χ0n) is 12.0. The van der Waals surface area contributed by atoms with Gasteiger partial charge in [-0.05, 0) is 42.7 Å². The highest BCUT2D eigenvalue weighted by Crippen LogP contribution is 2.20. The van der Waals surface area contributed by atoms with Gasteiger partial charge in [0.05, 0.1) is 0 Å².